The third kappa shape index (κ3) is 4.93. The van der Waals surface area contributed by atoms with Crippen molar-refractivity contribution in [2.24, 2.45) is 5.92 Å². The molecule has 0 aliphatic heterocycles. The van der Waals surface area contributed by atoms with Gasteiger partial charge in [-0.2, -0.15) is 0 Å². The first-order chi connectivity index (χ1) is 12.8. The number of benzene rings is 3. The zero-order valence-corrected chi connectivity index (χ0v) is 16.5. The van der Waals surface area contributed by atoms with E-state index in [4.69, 9.17) is 4.74 Å². The van der Waals surface area contributed by atoms with Gasteiger partial charge in [0.15, 0.2) is 0 Å². The van der Waals surface area contributed by atoms with Gasteiger partial charge in [0.1, 0.15) is 5.60 Å². The van der Waals surface area contributed by atoms with Crippen molar-refractivity contribution in [3.05, 3.63) is 115 Å². The van der Waals surface area contributed by atoms with E-state index in [1.54, 1.807) is 0 Å². The van der Waals surface area contributed by atoms with Crippen LogP contribution < -0.4 is 18.9 Å². The van der Waals surface area contributed by atoms with E-state index in [2.05, 4.69) is 86.6 Å². The summed E-state index contributed by atoms with van der Waals surface area (Å²) in [7, 11) is 0. The predicted molar refractivity (Wildman–Crippen MR) is 109 cm³/mol. The normalized spacial score (nSPS) is 12.2. The third-order valence-corrected chi connectivity index (χ3v) is 4.77. The molecule has 0 aromatic heterocycles. The Bertz CT molecular complexity index is 675. The van der Waals surface area contributed by atoms with Crippen molar-refractivity contribution in [2.45, 2.75) is 25.4 Å². The first kappa shape index (κ1) is 21.5. The fraction of sp³-hybridized carbons (Fsp3) is 0.240. The van der Waals surface area contributed by atoms with Gasteiger partial charge < -0.3 is 11.7 Å². The second-order valence-corrected chi connectivity index (χ2v) is 6.74. The smallest absolute Gasteiger partial charge is 0.363 e. The topological polar surface area (TPSA) is 9.23 Å². The van der Waals surface area contributed by atoms with Crippen LogP contribution in [0.5, 0.6) is 0 Å². The van der Waals surface area contributed by atoms with Gasteiger partial charge in [0.2, 0.25) is 0 Å². The van der Waals surface area contributed by atoms with E-state index < -0.39 is 5.60 Å². The Morgan fingerprint density at radius 3 is 1.44 bits per heavy atom. The van der Waals surface area contributed by atoms with Gasteiger partial charge in [-0.05, 0) is 16.7 Å². The van der Waals surface area contributed by atoms with E-state index in [0.29, 0.717) is 6.61 Å². The molecule has 3 aromatic carbocycles. The molecule has 0 heterocycles. The van der Waals surface area contributed by atoms with E-state index in [1.807, 2.05) is 18.2 Å². The molecule has 0 spiro atoms. The van der Waals surface area contributed by atoms with Crippen LogP contribution in [0, 0.1) is 12.8 Å². The monoisotopic (exact) mass is 350 g/mol. The van der Waals surface area contributed by atoms with Gasteiger partial charge in [0, 0.05) is 6.61 Å². The maximum atomic E-state index is 6.74. The van der Waals surface area contributed by atoms with Gasteiger partial charge in [-0.15, -0.1) is 5.92 Å². The number of hydrogen-bond donors (Lipinski definition) is 0. The Morgan fingerprint density at radius 1 is 0.741 bits per heavy atom. The minimum absolute atomic E-state index is 0. The van der Waals surface area contributed by atoms with Gasteiger partial charge in [-0.1, -0.05) is 111 Å². The molecular formula is C25H27LiO. The molecule has 0 fully saturated rings. The molecular weight excluding hydrogens is 323 g/mol. The van der Waals surface area contributed by atoms with Crippen molar-refractivity contribution in [3.63, 3.8) is 0 Å². The number of hydrogen-bond acceptors (Lipinski definition) is 1. The largest absolute Gasteiger partial charge is 1.00 e. The van der Waals surface area contributed by atoms with Crippen molar-refractivity contribution >= 4 is 0 Å². The van der Waals surface area contributed by atoms with Crippen LogP contribution in [-0.4, -0.2) is 6.61 Å². The van der Waals surface area contributed by atoms with Crippen LogP contribution in [0.3, 0.4) is 0 Å². The summed E-state index contributed by atoms with van der Waals surface area (Å²) in [6, 6.07) is 31.5. The van der Waals surface area contributed by atoms with Crippen LogP contribution in [0.25, 0.3) is 0 Å². The Balaban J connectivity index is 0.00000261. The van der Waals surface area contributed by atoms with Crippen LogP contribution in [0.15, 0.2) is 91.0 Å². The predicted octanol–water partition coefficient (Wildman–Crippen LogP) is 3.25. The Hall–Kier alpha value is -1.78. The van der Waals surface area contributed by atoms with E-state index in [0.717, 1.165) is 29.5 Å². The third-order valence-electron chi connectivity index (χ3n) is 4.77. The maximum absolute atomic E-state index is 6.74. The molecule has 3 aromatic rings. The van der Waals surface area contributed by atoms with E-state index in [9.17, 15) is 0 Å². The average molecular weight is 350 g/mol. The molecule has 0 radical (unpaired) electrons. The van der Waals surface area contributed by atoms with Crippen molar-refractivity contribution in [3.8, 4) is 0 Å². The zero-order valence-electron chi connectivity index (χ0n) is 16.5. The SMILES string of the molecule is [CH2-]C(CCC)COC(c1ccccc1)(c1ccccc1)c1ccccc1.[Li+]. The van der Waals surface area contributed by atoms with Crippen molar-refractivity contribution in [1.82, 2.24) is 0 Å². The molecule has 2 heteroatoms. The van der Waals surface area contributed by atoms with Gasteiger partial charge in [-0.25, -0.2) is 0 Å². The fourth-order valence-electron chi connectivity index (χ4n) is 3.50. The molecule has 1 atom stereocenters. The van der Waals surface area contributed by atoms with Crippen molar-refractivity contribution < 1.29 is 23.6 Å². The first-order valence-corrected chi connectivity index (χ1v) is 9.41. The summed E-state index contributed by atoms with van der Waals surface area (Å²) >= 11 is 0. The molecule has 0 aliphatic carbocycles. The summed E-state index contributed by atoms with van der Waals surface area (Å²) < 4.78 is 6.74. The van der Waals surface area contributed by atoms with Crippen LogP contribution in [-0.2, 0) is 10.3 Å². The zero-order chi connectivity index (χ0) is 18.2. The van der Waals surface area contributed by atoms with E-state index in [1.165, 1.54) is 0 Å². The summed E-state index contributed by atoms with van der Waals surface area (Å²) in [6.07, 6.45) is 2.18. The van der Waals surface area contributed by atoms with Gasteiger partial charge in [0.25, 0.3) is 0 Å². The molecule has 0 saturated heterocycles. The summed E-state index contributed by atoms with van der Waals surface area (Å²) in [6.45, 7) is 7.10. The Kier molecular flexibility index (Phi) is 8.39. The minimum Gasteiger partial charge on any atom is -0.363 e. The van der Waals surface area contributed by atoms with Crippen LogP contribution in [0.2, 0.25) is 0 Å². The van der Waals surface area contributed by atoms with Crippen LogP contribution in [0.1, 0.15) is 36.5 Å². The standard InChI is InChI=1S/C25H27O.Li/c1-3-13-21(2)20-26-25(22-14-7-4-8-15-22,23-16-9-5-10-17-23)24-18-11-6-12-19-24;/h4-12,14-19,21H,2-3,13,20H2,1H3;/q-1;+1. The van der Waals surface area contributed by atoms with Crippen LogP contribution in [0.4, 0.5) is 0 Å². The molecule has 0 amide bonds. The second-order valence-electron chi connectivity index (χ2n) is 6.74. The fourth-order valence-corrected chi connectivity index (χ4v) is 3.50. The van der Waals surface area contributed by atoms with Gasteiger partial charge in [-0.3, -0.25) is 0 Å². The molecule has 0 saturated carbocycles. The molecule has 0 aliphatic rings. The second kappa shape index (κ2) is 10.5. The molecule has 1 nitrogen and oxygen atoms in total. The molecule has 1 unspecified atom stereocenters. The molecule has 0 bridgehead atoms. The van der Waals surface area contributed by atoms with E-state index >= 15 is 0 Å². The van der Waals surface area contributed by atoms with E-state index in [-0.39, 0.29) is 24.8 Å². The Morgan fingerprint density at radius 2 is 1.11 bits per heavy atom. The van der Waals surface area contributed by atoms with Gasteiger partial charge in [0.05, 0.1) is 0 Å². The maximum Gasteiger partial charge on any atom is 1.00 e. The number of ether oxygens (including phenoxy) is 1. The van der Waals surface area contributed by atoms with Crippen LogP contribution >= 0.6 is 0 Å². The molecule has 27 heavy (non-hydrogen) atoms. The number of rotatable bonds is 8. The molecule has 0 N–H and O–H groups in total. The first-order valence-electron chi connectivity index (χ1n) is 9.41. The van der Waals surface area contributed by atoms with Crippen molar-refractivity contribution in [1.29, 1.82) is 0 Å². The minimum atomic E-state index is -0.631. The van der Waals surface area contributed by atoms with Gasteiger partial charge >= 0.3 is 18.9 Å². The molecule has 3 rings (SSSR count). The summed E-state index contributed by atoms with van der Waals surface area (Å²) in [5.74, 6) is 0.274. The summed E-state index contributed by atoms with van der Waals surface area (Å²) in [5, 5.41) is 0. The van der Waals surface area contributed by atoms with Crippen molar-refractivity contribution in [2.75, 3.05) is 6.61 Å². The Labute approximate surface area is 176 Å². The summed E-state index contributed by atoms with van der Waals surface area (Å²) in [4.78, 5) is 0. The quantitative estimate of drug-likeness (QED) is 0.344. The summed E-state index contributed by atoms with van der Waals surface area (Å²) in [5.41, 5.74) is 2.79. The average Bonchev–Trinajstić information content (AvgIpc) is 2.71. The molecule has 134 valence electrons.